The van der Waals surface area contributed by atoms with E-state index >= 15 is 0 Å². The van der Waals surface area contributed by atoms with Gasteiger partial charge in [0.2, 0.25) is 0 Å². The molecule has 2 amide bonds. The van der Waals surface area contributed by atoms with Crippen LogP contribution in [0.4, 0.5) is 0 Å². The number of hydrogen-bond acceptors (Lipinski definition) is 7. The molecule has 33 heavy (non-hydrogen) atoms. The minimum Gasteiger partial charge on any atom is -0.467 e. The van der Waals surface area contributed by atoms with E-state index in [0.29, 0.717) is 19.5 Å². The van der Waals surface area contributed by atoms with Gasteiger partial charge in [-0.15, -0.1) is 0 Å². The lowest BCUT2D eigenvalue weighted by Gasteiger charge is -2.37. The second-order valence-electron chi connectivity index (χ2n) is 9.29. The summed E-state index contributed by atoms with van der Waals surface area (Å²) in [7, 11) is 1.31. The van der Waals surface area contributed by atoms with Gasteiger partial charge < -0.3 is 24.0 Å². The molecule has 2 bridgehead atoms. The quantitative estimate of drug-likeness (QED) is 0.559. The summed E-state index contributed by atoms with van der Waals surface area (Å²) in [5, 5.41) is 0. The monoisotopic (exact) mass is 459 g/mol. The standard InChI is InChI=1S/C24H33N3O6/c1-16(2)13-18(24(30)31-3)27-15-19-32-20(21(33-19)23(27)29)22(28)26-11-9-25(10-12-26)14-17-7-5-4-6-8-17/h4-8,16,18-21H,9-15H2,1-3H3/t18-,19+,20+,21+/m0/s1. The maximum atomic E-state index is 13.2. The summed E-state index contributed by atoms with van der Waals surface area (Å²) in [5.74, 6) is -0.889. The minimum atomic E-state index is -1.03. The Morgan fingerprint density at radius 3 is 2.42 bits per heavy atom. The van der Waals surface area contributed by atoms with Gasteiger partial charge in [-0.1, -0.05) is 44.2 Å². The Labute approximate surface area is 194 Å². The van der Waals surface area contributed by atoms with Gasteiger partial charge in [-0.25, -0.2) is 4.79 Å². The van der Waals surface area contributed by atoms with Crippen molar-refractivity contribution in [1.29, 1.82) is 0 Å². The summed E-state index contributed by atoms with van der Waals surface area (Å²) in [6, 6.07) is 9.53. The van der Waals surface area contributed by atoms with E-state index in [1.54, 1.807) is 4.90 Å². The van der Waals surface area contributed by atoms with E-state index in [1.807, 2.05) is 32.0 Å². The molecule has 0 aromatic heterocycles. The first kappa shape index (κ1) is 23.7. The number of hydrogen-bond donors (Lipinski definition) is 0. The Balaban J connectivity index is 1.37. The van der Waals surface area contributed by atoms with Crippen molar-refractivity contribution in [2.24, 2.45) is 5.92 Å². The number of methoxy groups -OCH3 is 1. The number of carbonyl (C=O) groups excluding carboxylic acids is 3. The van der Waals surface area contributed by atoms with Crippen LogP contribution in [0.15, 0.2) is 30.3 Å². The zero-order valence-corrected chi connectivity index (χ0v) is 19.5. The molecule has 1 aromatic rings. The van der Waals surface area contributed by atoms with E-state index in [0.717, 1.165) is 19.6 Å². The molecular weight excluding hydrogens is 426 g/mol. The normalized spacial score (nSPS) is 26.5. The van der Waals surface area contributed by atoms with Crippen LogP contribution in [0.2, 0.25) is 0 Å². The summed E-state index contributed by atoms with van der Waals surface area (Å²) in [6.07, 6.45) is -2.26. The Kier molecular flexibility index (Phi) is 7.31. The maximum Gasteiger partial charge on any atom is 0.328 e. The van der Waals surface area contributed by atoms with Crippen molar-refractivity contribution >= 4 is 17.8 Å². The van der Waals surface area contributed by atoms with Crippen LogP contribution in [0.3, 0.4) is 0 Å². The third kappa shape index (κ3) is 5.20. The summed E-state index contributed by atoms with van der Waals surface area (Å²) in [6.45, 7) is 7.55. The molecule has 0 aliphatic carbocycles. The maximum absolute atomic E-state index is 13.2. The van der Waals surface area contributed by atoms with E-state index in [4.69, 9.17) is 14.2 Å². The van der Waals surface area contributed by atoms with Gasteiger partial charge in [0.1, 0.15) is 6.04 Å². The fourth-order valence-electron chi connectivity index (χ4n) is 4.74. The van der Waals surface area contributed by atoms with Gasteiger partial charge in [-0.05, 0) is 17.9 Å². The van der Waals surface area contributed by atoms with Crippen molar-refractivity contribution in [3.05, 3.63) is 35.9 Å². The molecular formula is C24H33N3O6. The number of esters is 1. The molecule has 0 spiro atoms. The van der Waals surface area contributed by atoms with Gasteiger partial charge in [0.25, 0.3) is 11.8 Å². The first-order valence-electron chi connectivity index (χ1n) is 11.6. The number of morpholine rings is 1. The lowest BCUT2D eigenvalue weighted by atomic mass is 10.0. The van der Waals surface area contributed by atoms with Crippen molar-refractivity contribution in [2.45, 2.75) is 51.4 Å². The van der Waals surface area contributed by atoms with Gasteiger partial charge in [0.05, 0.1) is 13.7 Å². The minimum absolute atomic E-state index is 0.108. The first-order valence-corrected chi connectivity index (χ1v) is 11.6. The molecule has 9 heteroatoms. The molecule has 0 unspecified atom stereocenters. The zero-order valence-electron chi connectivity index (χ0n) is 19.5. The highest BCUT2D eigenvalue weighted by molar-refractivity contribution is 5.94. The largest absolute Gasteiger partial charge is 0.467 e. The molecule has 4 rings (SSSR count). The fraction of sp³-hybridized carbons (Fsp3) is 0.625. The van der Waals surface area contributed by atoms with Crippen LogP contribution in [0.5, 0.6) is 0 Å². The van der Waals surface area contributed by atoms with E-state index in [9.17, 15) is 14.4 Å². The molecule has 180 valence electrons. The lowest BCUT2D eigenvalue weighted by molar-refractivity contribution is -0.174. The van der Waals surface area contributed by atoms with Crippen molar-refractivity contribution in [2.75, 3.05) is 39.8 Å². The molecule has 4 atom stereocenters. The molecule has 9 nitrogen and oxygen atoms in total. The molecule has 3 fully saturated rings. The van der Waals surface area contributed by atoms with Crippen LogP contribution in [0, 0.1) is 5.92 Å². The molecule has 0 saturated carbocycles. The Hall–Kier alpha value is -2.49. The van der Waals surface area contributed by atoms with Gasteiger partial charge in [0, 0.05) is 32.7 Å². The van der Waals surface area contributed by atoms with Crippen molar-refractivity contribution < 1.29 is 28.6 Å². The Bertz CT molecular complexity index is 855. The van der Waals surface area contributed by atoms with Crippen LogP contribution >= 0.6 is 0 Å². The third-order valence-corrected chi connectivity index (χ3v) is 6.46. The first-order chi connectivity index (χ1) is 15.9. The van der Waals surface area contributed by atoms with Gasteiger partial charge >= 0.3 is 5.97 Å². The third-order valence-electron chi connectivity index (χ3n) is 6.46. The number of fused-ring (bicyclic) bond motifs is 2. The molecule has 3 aliphatic rings. The zero-order chi connectivity index (χ0) is 23.5. The van der Waals surface area contributed by atoms with Gasteiger partial charge in [0.15, 0.2) is 18.5 Å². The second-order valence-corrected chi connectivity index (χ2v) is 9.29. The van der Waals surface area contributed by atoms with Crippen molar-refractivity contribution in [3.63, 3.8) is 0 Å². The molecule has 0 radical (unpaired) electrons. The summed E-state index contributed by atoms with van der Waals surface area (Å²) >= 11 is 0. The second kappa shape index (κ2) is 10.2. The molecule has 3 heterocycles. The fourth-order valence-corrected chi connectivity index (χ4v) is 4.74. The number of rotatable bonds is 7. The van der Waals surface area contributed by atoms with Crippen LogP contribution in [-0.4, -0.2) is 96.9 Å². The highest BCUT2D eigenvalue weighted by Crippen LogP contribution is 2.31. The number of nitrogens with zero attached hydrogens (tertiary/aromatic N) is 3. The summed E-state index contributed by atoms with van der Waals surface area (Å²) in [5.41, 5.74) is 1.24. The number of carbonyl (C=O) groups is 3. The summed E-state index contributed by atoms with van der Waals surface area (Å²) in [4.78, 5) is 44.4. The van der Waals surface area contributed by atoms with Crippen LogP contribution in [0.25, 0.3) is 0 Å². The predicted molar refractivity (Wildman–Crippen MR) is 119 cm³/mol. The SMILES string of the molecule is COC(=O)[C@H](CC(C)C)N1C[C@@H]2O[C@@H](C(=O)N3CCN(Cc4ccccc4)CC3)[C@@H](O2)C1=O. The number of ether oxygens (including phenoxy) is 3. The van der Waals surface area contributed by atoms with Gasteiger partial charge in [-0.2, -0.15) is 0 Å². The number of amides is 2. The highest BCUT2D eigenvalue weighted by atomic mass is 16.7. The average molecular weight is 460 g/mol. The summed E-state index contributed by atoms with van der Waals surface area (Å²) < 4.78 is 16.5. The van der Waals surface area contributed by atoms with Crippen LogP contribution < -0.4 is 0 Å². The Morgan fingerprint density at radius 2 is 1.79 bits per heavy atom. The van der Waals surface area contributed by atoms with Crippen LogP contribution in [-0.2, 0) is 35.1 Å². The number of benzene rings is 1. The van der Waals surface area contributed by atoms with Crippen molar-refractivity contribution in [1.82, 2.24) is 14.7 Å². The van der Waals surface area contributed by atoms with Gasteiger partial charge in [-0.3, -0.25) is 14.5 Å². The van der Waals surface area contributed by atoms with E-state index in [1.165, 1.54) is 17.6 Å². The van der Waals surface area contributed by atoms with E-state index < -0.39 is 30.5 Å². The lowest BCUT2D eigenvalue weighted by Crippen LogP contribution is -2.58. The molecule has 3 aliphatic heterocycles. The molecule has 3 saturated heterocycles. The van der Waals surface area contributed by atoms with Crippen molar-refractivity contribution in [3.8, 4) is 0 Å². The van der Waals surface area contributed by atoms with E-state index in [-0.39, 0.29) is 24.3 Å². The molecule has 1 aromatic carbocycles. The van der Waals surface area contributed by atoms with Crippen LogP contribution in [0.1, 0.15) is 25.8 Å². The van der Waals surface area contributed by atoms with E-state index in [2.05, 4.69) is 17.0 Å². The Morgan fingerprint density at radius 1 is 1.09 bits per heavy atom. The highest BCUT2D eigenvalue weighted by Gasteiger charge is 2.54. The smallest absolute Gasteiger partial charge is 0.328 e. The number of piperazine rings is 1. The topological polar surface area (TPSA) is 88.6 Å². The molecule has 0 N–H and O–H groups in total. The predicted octanol–water partition coefficient (Wildman–Crippen LogP) is 0.871. The average Bonchev–Trinajstić information content (AvgIpc) is 3.19.